The molecule has 0 unspecified atom stereocenters. The molecule has 141 heavy (non-hydrogen) atoms. The molecule has 12 aliphatic rings. The van der Waals surface area contributed by atoms with E-state index in [1.165, 1.54) is 58.4 Å². The number of ether oxygens (including phenoxy) is 18. The van der Waals surface area contributed by atoms with Gasteiger partial charge in [-0.15, -0.1) is 0 Å². The van der Waals surface area contributed by atoms with Gasteiger partial charge < -0.3 is 95.1 Å². The van der Waals surface area contributed by atoms with Crippen molar-refractivity contribution in [1.29, 1.82) is 0 Å². The maximum atomic E-state index is 12.2. The molecule has 0 aromatic rings. The van der Waals surface area contributed by atoms with Crippen LogP contribution in [0, 0.1) is 28.6 Å². The van der Waals surface area contributed by atoms with E-state index in [-0.39, 0.29) is 62.7 Å². The number of carbonyl (C=O) groups is 1. The van der Waals surface area contributed by atoms with Crippen molar-refractivity contribution < 1.29 is 90.1 Å². The van der Waals surface area contributed by atoms with Crippen LogP contribution in [0.2, 0.25) is 0 Å². The number of unbranched alkanes of at least 4 members (excludes halogenated alkanes) is 1. The van der Waals surface area contributed by atoms with Crippen LogP contribution >= 0.6 is 0 Å². The number of likely N-dealkylation sites (N-methyl/N-ethyl adjacent to an activating group) is 1. The Balaban J connectivity index is 0.000000216. The zero-order valence-corrected chi connectivity index (χ0v) is 96.7. The molecule has 2 spiro atoms. The Morgan fingerprint density at radius 2 is 0.645 bits per heavy atom. The summed E-state index contributed by atoms with van der Waals surface area (Å²) in [7, 11) is 1.84. The van der Waals surface area contributed by atoms with Crippen LogP contribution in [-0.4, -0.2) is 392 Å². The van der Waals surface area contributed by atoms with E-state index in [0.717, 1.165) is 221 Å². The summed E-state index contributed by atoms with van der Waals surface area (Å²) in [6.45, 7) is 95.9. The second-order valence-corrected chi connectivity index (χ2v) is 54.0. The van der Waals surface area contributed by atoms with E-state index in [9.17, 15) is 4.79 Å². The molecule has 12 rings (SSSR count). The largest absolute Gasteiger partial charge is 0.381 e. The van der Waals surface area contributed by atoms with Gasteiger partial charge in [0.05, 0.1) is 139 Å². The molecule has 5 heterocycles. The fraction of sp³-hybridized carbons (Fsp3) is 0.974. The average Bonchev–Trinajstić information content (AvgIpc) is 0.733. The molecule has 826 valence electrons. The first-order valence-electron chi connectivity index (χ1n) is 56.0. The summed E-state index contributed by atoms with van der Waals surface area (Å²) in [5, 5.41) is 0. The molecule has 26 heteroatoms. The van der Waals surface area contributed by atoms with Gasteiger partial charge in [0.2, 0.25) is 5.91 Å². The lowest BCUT2D eigenvalue weighted by atomic mass is 9.61. The third-order valence-electron chi connectivity index (χ3n) is 28.7. The molecular weight excluding hydrogens is 1780 g/mol. The summed E-state index contributed by atoms with van der Waals surface area (Å²) in [5.41, 5.74) is 1.97. The van der Waals surface area contributed by atoms with Crippen LogP contribution in [0.25, 0.3) is 0 Å². The van der Waals surface area contributed by atoms with Crippen LogP contribution in [0.3, 0.4) is 0 Å². The molecule has 7 saturated carbocycles. The van der Waals surface area contributed by atoms with Crippen LogP contribution < -0.4 is 0 Å². The van der Waals surface area contributed by atoms with Crippen molar-refractivity contribution in [2.24, 2.45) is 16.7 Å². The van der Waals surface area contributed by atoms with Crippen molar-refractivity contribution in [2.75, 3.05) is 204 Å². The van der Waals surface area contributed by atoms with Crippen molar-refractivity contribution in [3.63, 3.8) is 0 Å². The van der Waals surface area contributed by atoms with E-state index in [2.05, 4.69) is 263 Å². The van der Waals surface area contributed by atoms with E-state index in [4.69, 9.17) is 85.3 Å². The second kappa shape index (κ2) is 57.1. The normalized spacial score (nSPS) is 26.0. The Hall–Kier alpha value is -1.93. The number of carbonyl (C=O) groups excluding carboxylic acids is 1. The first-order chi connectivity index (χ1) is 65.6. The zero-order valence-electron chi connectivity index (χ0n) is 96.7. The number of rotatable bonds is 52. The van der Waals surface area contributed by atoms with Gasteiger partial charge in [-0.05, 0) is 344 Å². The summed E-state index contributed by atoms with van der Waals surface area (Å²) in [5.74, 6) is 6.60. The number of likely N-dealkylation sites (tertiary alicyclic amines) is 5. The molecule has 0 aromatic carbocycles. The molecule has 0 atom stereocenters. The van der Waals surface area contributed by atoms with E-state index >= 15 is 0 Å². The lowest BCUT2D eigenvalue weighted by molar-refractivity contribution is -0.186. The third kappa shape index (κ3) is 49.6. The highest BCUT2D eigenvalue weighted by Crippen LogP contribution is 2.53. The van der Waals surface area contributed by atoms with E-state index in [0.29, 0.717) is 160 Å². The zero-order chi connectivity index (χ0) is 104. The van der Waals surface area contributed by atoms with Gasteiger partial charge in [0, 0.05) is 222 Å². The second-order valence-electron chi connectivity index (χ2n) is 54.0. The van der Waals surface area contributed by atoms with Crippen molar-refractivity contribution in [3.8, 4) is 11.8 Å². The number of amides is 1. The van der Waals surface area contributed by atoms with Gasteiger partial charge in [0.1, 0.15) is 19.8 Å². The van der Waals surface area contributed by atoms with Crippen LogP contribution in [-0.2, 0) is 90.1 Å². The maximum Gasteiger partial charge on any atom is 0.248 e. The first kappa shape index (κ1) is 124. The summed E-state index contributed by atoms with van der Waals surface area (Å²) in [4.78, 5) is 29.0. The Morgan fingerprint density at radius 3 is 1.07 bits per heavy atom. The molecule has 0 N–H and O–H groups in total. The van der Waals surface area contributed by atoms with Gasteiger partial charge in [-0.25, -0.2) is 0 Å². The Kier molecular flexibility index (Phi) is 50.4. The van der Waals surface area contributed by atoms with Gasteiger partial charge in [-0.3, -0.25) is 29.3 Å². The molecule has 0 bridgehead atoms. The van der Waals surface area contributed by atoms with E-state index < -0.39 is 0 Å². The van der Waals surface area contributed by atoms with Crippen molar-refractivity contribution in [1.82, 2.24) is 34.3 Å². The Labute approximate surface area is 862 Å². The lowest BCUT2D eigenvalue weighted by Crippen LogP contribution is -2.68. The van der Waals surface area contributed by atoms with Crippen LogP contribution in [0.1, 0.15) is 356 Å². The monoisotopic (exact) mass is 2000 g/mol. The summed E-state index contributed by atoms with van der Waals surface area (Å²) in [6, 6.07) is 1.18. The summed E-state index contributed by atoms with van der Waals surface area (Å²) >= 11 is 0. The Morgan fingerprint density at radius 1 is 0.312 bits per heavy atom. The molecule has 1 amide bonds. The summed E-state index contributed by atoms with van der Waals surface area (Å²) < 4.78 is 106. The molecule has 0 radical (unpaired) electrons. The molecule has 7 aliphatic carbocycles. The topological polar surface area (TPSA) is 206 Å². The highest BCUT2D eigenvalue weighted by atomic mass is 16.6. The fourth-order valence-electron chi connectivity index (χ4n) is 20.4. The number of hydrogen-bond acceptors (Lipinski definition) is 25. The molecular formula is C115H217N7O19. The molecule has 5 saturated heterocycles. The minimum absolute atomic E-state index is 0.00381. The minimum atomic E-state index is -0.0780. The van der Waals surface area contributed by atoms with E-state index in [1.807, 2.05) is 7.05 Å². The van der Waals surface area contributed by atoms with Crippen LogP contribution in [0.5, 0.6) is 0 Å². The molecule has 0 aromatic heterocycles. The SMILES string of the molecule is CC(C)(C)OC1CC(OCC#CCOCCOC2CN(C(C)(C)C)C2)C1.CC(C)(C)OC1CC(OCCCOCCCOC2CC3(C2)CN(C(C)(C)C)C3)C1.CC(C)(C)OC1CC2(C1)CN(CCCOCCCCOC1CN(C(C)(C)C)C1)C2.CC(C)N(CCOCCCOC1CC(OC(C)(C)C)C1)C1CC(OC(C)(C)C)C1.CN(CCCOC1CC(OC(C)(C)C)C1)C(=O)COCC1CN(C(C)(C)C)C1. The molecule has 12 fully saturated rings. The maximum absolute atomic E-state index is 12.2. The van der Waals surface area contributed by atoms with Gasteiger partial charge in [0.15, 0.2) is 0 Å². The number of hydrogen-bond donors (Lipinski definition) is 0. The van der Waals surface area contributed by atoms with Crippen molar-refractivity contribution >= 4 is 5.91 Å². The van der Waals surface area contributed by atoms with Gasteiger partial charge in [-0.2, -0.15) is 0 Å². The predicted molar refractivity (Wildman–Crippen MR) is 568 cm³/mol. The summed E-state index contributed by atoms with van der Waals surface area (Å²) in [6.07, 6.45) is 27.5. The highest BCUT2D eigenvalue weighted by molar-refractivity contribution is 5.77. The predicted octanol–water partition coefficient (Wildman–Crippen LogP) is 19.0. The third-order valence-corrected chi connectivity index (χ3v) is 28.7. The first-order valence-corrected chi connectivity index (χ1v) is 56.0. The molecule has 26 nitrogen and oxygen atoms in total. The van der Waals surface area contributed by atoms with Crippen molar-refractivity contribution in [2.45, 2.75) is 504 Å². The quantitative estimate of drug-likeness (QED) is 0.0410. The minimum Gasteiger partial charge on any atom is -0.381 e. The Bertz CT molecular complexity index is 3440. The molecule has 5 aliphatic heterocycles. The highest BCUT2D eigenvalue weighted by Gasteiger charge is 2.56. The van der Waals surface area contributed by atoms with Gasteiger partial charge in [-0.1, -0.05) is 11.8 Å². The van der Waals surface area contributed by atoms with E-state index in [1.54, 1.807) is 4.90 Å². The lowest BCUT2D eigenvalue weighted by Gasteiger charge is -2.62. The van der Waals surface area contributed by atoms with Crippen LogP contribution in [0.15, 0.2) is 0 Å². The average molecular weight is 2000 g/mol. The van der Waals surface area contributed by atoms with Gasteiger partial charge >= 0.3 is 0 Å². The standard InChI is InChI=1S/C24H46N2O3.C24H45NO4.C24H47NO4.C22H42N2O4.C21H37NO4/c1-22(2,3)26-16-21(17-26)28-13-8-7-11-27-12-9-10-25-18-24(19-25)14-20(15-24)29-23(4,5)6;1-22(2,3)25-17-24(18-25)15-21(16-24)28-12-8-10-26-9-7-11-27-19-13-20(14-19)29-23(4,5)6;1-18(2)25(19-14-21(15-19)28-23(3,4)5)10-13-26-11-9-12-27-20-16-22(17-20)29-24(6,7)8;1-21(2,3)24-13-17(14-24)15-26-16-20(25)23(7)9-8-10-27-18-11-19(12-18)28-22(4,5)6;1-20(2,3)22-15-19(16-22)25-12-11-23-9-7-8-10-24-17-13-18(14-17)26-21(4,5)6/h20-21H,7-19H2,1-6H3;19-21H,7-18H2,1-6H3;18-22H,9-17H2,1-8H3;17-19H,8-16H2,1-7H3;17-19H,9-16H2,1-6H3. The number of nitrogens with zero attached hydrogens (tertiary/aromatic N) is 7. The van der Waals surface area contributed by atoms with Gasteiger partial charge in [0.25, 0.3) is 0 Å². The van der Waals surface area contributed by atoms with Crippen molar-refractivity contribution in [3.05, 3.63) is 0 Å². The smallest absolute Gasteiger partial charge is 0.248 e. The van der Waals surface area contributed by atoms with Crippen LogP contribution in [0.4, 0.5) is 0 Å². The fourth-order valence-corrected chi connectivity index (χ4v) is 20.4.